The van der Waals surface area contributed by atoms with Crippen LogP contribution in [0.2, 0.25) is 0 Å². The number of Topliss-reactive ketones (excluding diaryl/α,β-unsaturated/α-hetero) is 1. The summed E-state index contributed by atoms with van der Waals surface area (Å²) in [5.74, 6) is -7.72. The van der Waals surface area contributed by atoms with Crippen LogP contribution in [0.5, 0.6) is 11.5 Å². The van der Waals surface area contributed by atoms with Gasteiger partial charge in [0.05, 0.1) is 60.2 Å². The van der Waals surface area contributed by atoms with Crippen LogP contribution in [0, 0.1) is 30.6 Å². The number of ether oxygens (including phenoxy) is 6. The Hall–Kier alpha value is -4.87. The van der Waals surface area contributed by atoms with Gasteiger partial charge in [-0.25, -0.2) is 0 Å². The lowest BCUT2D eigenvalue weighted by molar-refractivity contribution is -0.160. The van der Waals surface area contributed by atoms with E-state index >= 15 is 0 Å². The van der Waals surface area contributed by atoms with Crippen molar-refractivity contribution in [2.24, 2.45) is 28.8 Å². The molecule has 1 amide bonds. The second kappa shape index (κ2) is 19.0. The summed E-state index contributed by atoms with van der Waals surface area (Å²) in [7, 11) is 2.96. The molecule has 9 atom stereocenters. The third-order valence-corrected chi connectivity index (χ3v) is 10.6. The molecule has 4 N–H and O–H groups in total. The van der Waals surface area contributed by atoms with E-state index in [4.69, 9.17) is 33.3 Å². The number of ketones is 2. The van der Waals surface area contributed by atoms with Gasteiger partial charge < -0.3 is 53.9 Å². The van der Waals surface area contributed by atoms with Gasteiger partial charge in [-0.3, -0.25) is 19.2 Å². The third kappa shape index (κ3) is 9.64. The number of benzene rings is 1. The molecule has 0 saturated heterocycles. The van der Waals surface area contributed by atoms with Gasteiger partial charge in [-0.1, -0.05) is 51.1 Å². The molecular formula is C41H54N2O14. The van der Waals surface area contributed by atoms with E-state index in [9.17, 15) is 34.5 Å². The first kappa shape index (κ1) is 44.8. The van der Waals surface area contributed by atoms with E-state index in [0.29, 0.717) is 0 Å². The topological polar surface area (TPSA) is 218 Å². The Morgan fingerprint density at radius 1 is 0.965 bits per heavy atom. The van der Waals surface area contributed by atoms with Gasteiger partial charge in [0.1, 0.15) is 17.6 Å². The lowest BCUT2D eigenvalue weighted by atomic mass is 9.78. The Morgan fingerprint density at radius 2 is 1.67 bits per heavy atom. The maximum atomic E-state index is 14.0. The lowest BCUT2D eigenvalue weighted by Gasteiger charge is -2.38. The number of amides is 1. The first-order valence-electron chi connectivity index (χ1n) is 18.6. The number of esters is 1. The number of nitrogens with zero attached hydrogens (tertiary/aromatic N) is 1. The van der Waals surface area contributed by atoms with Gasteiger partial charge in [0.2, 0.25) is 12.6 Å². The first-order valence-corrected chi connectivity index (χ1v) is 18.6. The van der Waals surface area contributed by atoms with Crippen molar-refractivity contribution in [2.45, 2.75) is 85.6 Å². The number of aromatic hydroxyl groups is 1. The number of allylic oxidation sites excluding steroid dienone is 4. The number of fused-ring (bicyclic) bond motifs is 14. The van der Waals surface area contributed by atoms with Crippen molar-refractivity contribution in [1.82, 2.24) is 5.32 Å². The second-order valence-electron chi connectivity index (χ2n) is 14.6. The summed E-state index contributed by atoms with van der Waals surface area (Å²) in [6, 6.07) is 0. The normalized spacial score (nSPS) is 32.4. The molecule has 312 valence electrons. The zero-order chi connectivity index (χ0) is 42.4. The Kier molecular flexibility index (Phi) is 15.0. The maximum Gasteiger partial charge on any atom is 0.302 e. The van der Waals surface area contributed by atoms with Crippen LogP contribution in [-0.4, -0.2) is 109 Å². The summed E-state index contributed by atoms with van der Waals surface area (Å²) >= 11 is 0. The Morgan fingerprint density at radius 3 is 2.32 bits per heavy atom. The SMILES string of the molecule is COCCOCO/N=C1/c2c3c(C)c(O)c4c2C(=O)C=C(NC(=O)/C(C)=C\C=C\[C@H](C)[C@H](O)[C@@H](C)[C@@H](O)[C@@H](C)[C@H](OC(C)=O)[C@H](C)[C@@H](OC)/C=C/O[C@@]1(C)O3)C4=O. The molecule has 1 aromatic rings. The number of phenols is 1. The van der Waals surface area contributed by atoms with Crippen molar-refractivity contribution in [1.29, 1.82) is 0 Å². The molecular weight excluding hydrogens is 744 g/mol. The third-order valence-electron chi connectivity index (χ3n) is 10.6. The Balaban J connectivity index is 1.89. The highest BCUT2D eigenvalue weighted by molar-refractivity contribution is 6.31. The number of hydrogen-bond donors (Lipinski definition) is 4. The molecule has 1 aromatic carbocycles. The zero-order valence-electron chi connectivity index (χ0n) is 34.0. The predicted octanol–water partition coefficient (Wildman–Crippen LogP) is 3.79. The first-order chi connectivity index (χ1) is 26.9. The quantitative estimate of drug-likeness (QED) is 0.127. The lowest BCUT2D eigenvalue weighted by Crippen LogP contribution is -2.46. The molecule has 3 heterocycles. The average molecular weight is 799 g/mol. The van der Waals surface area contributed by atoms with Crippen molar-refractivity contribution < 1.29 is 67.8 Å². The molecule has 5 rings (SSSR count). The fourth-order valence-corrected chi connectivity index (χ4v) is 7.09. The number of phenolic OH excluding ortho intramolecular Hbond substituents is 1. The molecule has 1 aliphatic carbocycles. The summed E-state index contributed by atoms with van der Waals surface area (Å²) in [6.45, 7) is 12.8. The van der Waals surface area contributed by atoms with E-state index in [-0.39, 0.29) is 65.0 Å². The number of nitrogens with one attached hydrogen (secondary N) is 1. The highest BCUT2D eigenvalue weighted by Crippen LogP contribution is 2.48. The van der Waals surface area contributed by atoms with Crippen molar-refractivity contribution in [3.8, 4) is 11.5 Å². The Bertz CT molecular complexity index is 1860. The fraction of sp³-hybridized carbons (Fsp3) is 0.537. The van der Waals surface area contributed by atoms with Crippen LogP contribution in [0.15, 0.2) is 53.1 Å². The number of oxime groups is 1. The van der Waals surface area contributed by atoms with Gasteiger partial charge in [0.15, 0.2) is 11.5 Å². The molecule has 57 heavy (non-hydrogen) atoms. The number of rotatable bonds is 8. The van der Waals surface area contributed by atoms with Crippen LogP contribution in [0.3, 0.4) is 0 Å². The minimum Gasteiger partial charge on any atom is -0.507 e. The molecule has 0 aromatic heterocycles. The average Bonchev–Trinajstić information content (AvgIpc) is 3.46. The summed E-state index contributed by atoms with van der Waals surface area (Å²) in [4.78, 5) is 59.0. The number of carbonyl (C=O) groups is 4. The smallest absolute Gasteiger partial charge is 0.302 e. The molecule has 0 unspecified atom stereocenters. The van der Waals surface area contributed by atoms with Crippen LogP contribution < -0.4 is 10.1 Å². The predicted molar refractivity (Wildman–Crippen MR) is 205 cm³/mol. The van der Waals surface area contributed by atoms with Crippen LogP contribution in [0.4, 0.5) is 0 Å². The molecule has 0 spiro atoms. The summed E-state index contributed by atoms with van der Waals surface area (Å²) in [5, 5.41) is 40.9. The number of hydrogen-bond acceptors (Lipinski definition) is 15. The van der Waals surface area contributed by atoms with Gasteiger partial charge in [0, 0.05) is 69.0 Å². The molecule has 16 nitrogen and oxygen atoms in total. The Labute approximate surface area is 332 Å². The van der Waals surface area contributed by atoms with Gasteiger partial charge in [-0.15, -0.1) is 0 Å². The fourth-order valence-electron chi connectivity index (χ4n) is 7.09. The van der Waals surface area contributed by atoms with Crippen LogP contribution in [0.25, 0.3) is 0 Å². The molecule has 0 saturated carbocycles. The number of aliphatic hydroxyl groups is 2. The molecule has 16 heteroatoms. The van der Waals surface area contributed by atoms with E-state index in [0.717, 1.165) is 6.08 Å². The van der Waals surface area contributed by atoms with Crippen LogP contribution >= 0.6 is 0 Å². The molecule has 0 fully saturated rings. The minimum absolute atomic E-state index is 0.0112. The zero-order valence-corrected chi connectivity index (χ0v) is 34.0. The highest BCUT2D eigenvalue weighted by atomic mass is 16.8. The van der Waals surface area contributed by atoms with Crippen molar-refractivity contribution in [3.05, 3.63) is 70.2 Å². The highest BCUT2D eigenvalue weighted by Gasteiger charge is 2.51. The van der Waals surface area contributed by atoms with E-state index < -0.39 is 83.1 Å². The second-order valence-corrected chi connectivity index (χ2v) is 14.6. The van der Waals surface area contributed by atoms with E-state index in [1.54, 1.807) is 39.8 Å². The summed E-state index contributed by atoms with van der Waals surface area (Å²) in [5.41, 5.74) is -0.828. The largest absolute Gasteiger partial charge is 0.507 e. The summed E-state index contributed by atoms with van der Waals surface area (Å²) < 4.78 is 34.4. The molecule has 3 aliphatic heterocycles. The molecule has 0 radical (unpaired) electrons. The van der Waals surface area contributed by atoms with Crippen molar-refractivity contribution >= 4 is 29.2 Å². The van der Waals surface area contributed by atoms with Crippen LogP contribution in [0.1, 0.15) is 80.3 Å². The van der Waals surface area contributed by atoms with E-state index in [2.05, 4.69) is 10.5 Å². The van der Waals surface area contributed by atoms with Crippen LogP contribution in [-0.2, 0) is 38.1 Å². The van der Waals surface area contributed by atoms with E-state index in [1.165, 1.54) is 60.3 Å². The monoisotopic (exact) mass is 798 g/mol. The van der Waals surface area contributed by atoms with Crippen molar-refractivity contribution in [2.75, 3.05) is 34.2 Å². The van der Waals surface area contributed by atoms with E-state index in [1.807, 2.05) is 0 Å². The van der Waals surface area contributed by atoms with Gasteiger partial charge in [-0.2, -0.15) is 0 Å². The standard InChI is InChI=1S/C41H54N2O14/c1-20-12-11-13-21(2)40(50)42-27-18-28(45)30-31(36(27)49)35(48)25(6)38-32(30)39(43-55-19-53-17-16-51-9)41(8,57-38)54-15-14-29(52-10)22(3)37(56-26(7)44)24(5)34(47)23(4)33(20)46/h11-15,18,20,22-24,29,33-34,37,46-48H,16-17,19H2,1-10H3,(H,42,50)/b12-11+,15-14+,21-13-,43-39-/t20-,22+,23+,24+,29-,33-,34+,37+,41-/m0/s1. The van der Waals surface area contributed by atoms with Gasteiger partial charge >= 0.3 is 5.97 Å². The minimum atomic E-state index is -1.84. The number of aliphatic hydroxyl groups excluding tert-OH is 2. The summed E-state index contributed by atoms with van der Waals surface area (Å²) in [6.07, 6.45) is 4.59. The number of carbonyl (C=O) groups excluding carboxylic acids is 4. The number of methoxy groups -OCH3 is 2. The molecule has 4 aliphatic rings. The maximum absolute atomic E-state index is 14.0. The van der Waals surface area contributed by atoms with Gasteiger partial charge in [-0.05, 0) is 19.9 Å². The van der Waals surface area contributed by atoms with Gasteiger partial charge in [0.25, 0.3) is 11.7 Å². The van der Waals surface area contributed by atoms with Crippen molar-refractivity contribution in [3.63, 3.8) is 0 Å². The molecule has 5 bridgehead atoms.